The minimum Gasteiger partial charge on any atom is -0.238 e. The molecule has 5 heteroatoms. The smallest absolute Gasteiger partial charge is 0.159 e. The van der Waals surface area contributed by atoms with Crippen LogP contribution < -0.4 is 0 Å². The third-order valence-electron chi connectivity index (χ3n) is 2.03. The first-order valence-corrected chi connectivity index (χ1v) is 4.87. The van der Waals surface area contributed by atoms with Crippen LogP contribution >= 0.6 is 0 Å². The molecule has 0 fully saturated rings. The number of hydrogen-bond acceptors (Lipinski definition) is 4. The zero-order valence-electron chi connectivity index (χ0n) is 9.05. The molecule has 78 valence electrons. The number of nitrogens with zero attached hydrogens (tertiary/aromatic N) is 5. The Morgan fingerprint density at radius 2 is 2.07 bits per heavy atom. The molecule has 2 aromatic heterocycles. The molecule has 0 saturated carbocycles. The number of aryl methyl sites for hydroxylation is 1. The average Bonchev–Trinajstić information content (AvgIpc) is 2.69. The van der Waals surface area contributed by atoms with Crippen molar-refractivity contribution < 1.29 is 0 Å². The van der Waals surface area contributed by atoms with Crippen LogP contribution in [0.2, 0.25) is 0 Å². The summed E-state index contributed by atoms with van der Waals surface area (Å²) in [5, 5.41) is 4.04. The maximum atomic E-state index is 4.42. The minimum atomic E-state index is 0.312. The lowest BCUT2D eigenvalue weighted by Crippen LogP contribution is -2.06. The molecular formula is C10H13N5. The van der Waals surface area contributed by atoms with E-state index in [0.29, 0.717) is 5.92 Å². The molecule has 0 aliphatic rings. The highest BCUT2D eigenvalue weighted by atomic mass is 15.3. The van der Waals surface area contributed by atoms with Crippen LogP contribution in [-0.2, 0) is 0 Å². The summed E-state index contributed by atoms with van der Waals surface area (Å²) in [7, 11) is 0. The third kappa shape index (κ3) is 2.01. The quantitative estimate of drug-likeness (QED) is 0.742. The fourth-order valence-electron chi connectivity index (χ4n) is 1.28. The first-order chi connectivity index (χ1) is 7.16. The molecule has 0 bridgehead atoms. The van der Waals surface area contributed by atoms with Crippen LogP contribution in [0.3, 0.4) is 0 Å². The standard InChI is InChI=1S/C10H13N5/c1-7(2)10-13-8(3)4-9(14-10)15-6-11-5-12-15/h4-7H,1-3H3. The van der Waals surface area contributed by atoms with Gasteiger partial charge in [-0.2, -0.15) is 5.10 Å². The molecule has 0 atom stereocenters. The lowest BCUT2D eigenvalue weighted by molar-refractivity contribution is 0.737. The highest BCUT2D eigenvalue weighted by molar-refractivity contribution is 5.23. The van der Waals surface area contributed by atoms with Crippen molar-refractivity contribution in [3.8, 4) is 5.82 Å². The van der Waals surface area contributed by atoms with Crippen molar-refractivity contribution >= 4 is 0 Å². The van der Waals surface area contributed by atoms with Crippen LogP contribution in [0.1, 0.15) is 31.3 Å². The van der Waals surface area contributed by atoms with Crippen LogP contribution in [0.25, 0.3) is 5.82 Å². The fourth-order valence-corrected chi connectivity index (χ4v) is 1.28. The lowest BCUT2D eigenvalue weighted by atomic mass is 10.2. The Balaban J connectivity index is 2.49. The molecule has 2 rings (SSSR count). The second kappa shape index (κ2) is 3.76. The Morgan fingerprint density at radius 3 is 2.67 bits per heavy atom. The molecule has 2 heterocycles. The summed E-state index contributed by atoms with van der Waals surface area (Å²) >= 11 is 0. The van der Waals surface area contributed by atoms with E-state index >= 15 is 0 Å². The molecule has 15 heavy (non-hydrogen) atoms. The Bertz CT molecular complexity index is 447. The van der Waals surface area contributed by atoms with Gasteiger partial charge in [0.1, 0.15) is 18.5 Å². The zero-order valence-corrected chi connectivity index (χ0v) is 9.05. The van der Waals surface area contributed by atoms with Crippen molar-refractivity contribution in [1.82, 2.24) is 24.7 Å². The largest absolute Gasteiger partial charge is 0.238 e. The Hall–Kier alpha value is -1.78. The van der Waals surface area contributed by atoms with Crippen molar-refractivity contribution in [1.29, 1.82) is 0 Å². The molecule has 0 unspecified atom stereocenters. The molecule has 0 amide bonds. The minimum absolute atomic E-state index is 0.312. The summed E-state index contributed by atoms with van der Waals surface area (Å²) < 4.78 is 1.64. The molecule has 0 spiro atoms. The molecule has 0 N–H and O–H groups in total. The number of rotatable bonds is 2. The van der Waals surface area contributed by atoms with E-state index < -0.39 is 0 Å². The highest BCUT2D eigenvalue weighted by Gasteiger charge is 2.07. The molecule has 0 radical (unpaired) electrons. The van der Waals surface area contributed by atoms with E-state index in [1.165, 1.54) is 6.33 Å². The molecule has 2 aromatic rings. The van der Waals surface area contributed by atoms with Gasteiger partial charge in [-0.25, -0.2) is 19.6 Å². The van der Waals surface area contributed by atoms with Gasteiger partial charge in [-0.3, -0.25) is 0 Å². The molecule has 5 nitrogen and oxygen atoms in total. The number of hydrogen-bond donors (Lipinski definition) is 0. The van der Waals surface area contributed by atoms with E-state index in [4.69, 9.17) is 0 Å². The Morgan fingerprint density at radius 1 is 1.27 bits per heavy atom. The first kappa shape index (κ1) is 9.76. The van der Waals surface area contributed by atoms with E-state index in [-0.39, 0.29) is 0 Å². The van der Waals surface area contributed by atoms with Gasteiger partial charge in [0.2, 0.25) is 0 Å². The Kier molecular flexibility index (Phi) is 2.45. The van der Waals surface area contributed by atoms with Crippen molar-refractivity contribution in [2.45, 2.75) is 26.7 Å². The average molecular weight is 203 g/mol. The van der Waals surface area contributed by atoms with Crippen LogP contribution in [-0.4, -0.2) is 24.7 Å². The van der Waals surface area contributed by atoms with Crippen LogP contribution in [0.15, 0.2) is 18.7 Å². The molecule has 0 aliphatic heterocycles. The van der Waals surface area contributed by atoms with Crippen LogP contribution in [0.4, 0.5) is 0 Å². The first-order valence-electron chi connectivity index (χ1n) is 4.87. The summed E-state index contributed by atoms with van der Waals surface area (Å²) in [5.74, 6) is 1.91. The van der Waals surface area contributed by atoms with E-state index in [1.807, 2.05) is 13.0 Å². The second-order valence-electron chi connectivity index (χ2n) is 3.72. The van der Waals surface area contributed by atoms with E-state index in [9.17, 15) is 0 Å². The van der Waals surface area contributed by atoms with Gasteiger partial charge in [-0.1, -0.05) is 13.8 Å². The Labute approximate surface area is 88.2 Å². The number of aromatic nitrogens is 5. The normalized spacial score (nSPS) is 10.9. The second-order valence-corrected chi connectivity index (χ2v) is 3.72. The summed E-state index contributed by atoms with van der Waals surface area (Å²) in [6, 6.07) is 1.89. The van der Waals surface area contributed by atoms with E-state index in [0.717, 1.165) is 17.3 Å². The highest BCUT2D eigenvalue weighted by Crippen LogP contribution is 2.12. The predicted octanol–water partition coefficient (Wildman–Crippen LogP) is 1.49. The van der Waals surface area contributed by atoms with Crippen molar-refractivity contribution in [2.24, 2.45) is 0 Å². The van der Waals surface area contributed by atoms with Gasteiger partial charge in [0, 0.05) is 17.7 Å². The fraction of sp³-hybridized carbons (Fsp3) is 0.400. The summed E-state index contributed by atoms with van der Waals surface area (Å²) in [4.78, 5) is 12.7. The van der Waals surface area contributed by atoms with Gasteiger partial charge < -0.3 is 0 Å². The topological polar surface area (TPSA) is 56.5 Å². The third-order valence-corrected chi connectivity index (χ3v) is 2.03. The van der Waals surface area contributed by atoms with Gasteiger partial charge >= 0.3 is 0 Å². The summed E-state index contributed by atoms with van der Waals surface area (Å²) in [5.41, 5.74) is 0.944. The zero-order chi connectivity index (χ0) is 10.8. The summed E-state index contributed by atoms with van der Waals surface area (Å²) in [6.45, 7) is 6.09. The maximum absolute atomic E-state index is 4.42. The van der Waals surface area contributed by atoms with Gasteiger partial charge in [0.05, 0.1) is 0 Å². The molecule has 0 aromatic carbocycles. The molecule has 0 aliphatic carbocycles. The van der Waals surface area contributed by atoms with Gasteiger partial charge in [0.25, 0.3) is 0 Å². The monoisotopic (exact) mass is 203 g/mol. The van der Waals surface area contributed by atoms with Crippen molar-refractivity contribution in [3.05, 3.63) is 30.2 Å². The van der Waals surface area contributed by atoms with Gasteiger partial charge in [-0.05, 0) is 6.92 Å². The molecular weight excluding hydrogens is 190 g/mol. The lowest BCUT2D eigenvalue weighted by Gasteiger charge is -2.07. The van der Waals surface area contributed by atoms with Crippen molar-refractivity contribution in [3.63, 3.8) is 0 Å². The SMILES string of the molecule is Cc1cc(-n2cncn2)nc(C(C)C)n1. The van der Waals surface area contributed by atoms with Crippen LogP contribution in [0.5, 0.6) is 0 Å². The maximum Gasteiger partial charge on any atom is 0.159 e. The van der Waals surface area contributed by atoms with E-state index in [2.05, 4.69) is 33.9 Å². The molecule has 0 saturated heterocycles. The summed E-state index contributed by atoms with van der Waals surface area (Å²) in [6.07, 6.45) is 3.12. The van der Waals surface area contributed by atoms with Gasteiger partial charge in [-0.15, -0.1) is 0 Å². The van der Waals surface area contributed by atoms with E-state index in [1.54, 1.807) is 11.0 Å². The predicted molar refractivity (Wildman–Crippen MR) is 55.8 cm³/mol. The van der Waals surface area contributed by atoms with Gasteiger partial charge in [0.15, 0.2) is 5.82 Å². The van der Waals surface area contributed by atoms with Crippen molar-refractivity contribution in [2.75, 3.05) is 0 Å². The van der Waals surface area contributed by atoms with Crippen LogP contribution in [0, 0.1) is 6.92 Å².